The number of halogens is 1. The van der Waals surface area contributed by atoms with Crippen molar-refractivity contribution < 1.29 is 4.74 Å². The smallest absolute Gasteiger partial charge is 0.264 e. The van der Waals surface area contributed by atoms with Crippen LogP contribution >= 0.6 is 11.6 Å². The Balaban J connectivity index is 1.75. The molecule has 0 amide bonds. The molecular formula is C17H13ClN2O2. The Bertz CT molecular complexity index is 808. The van der Waals surface area contributed by atoms with Crippen molar-refractivity contribution in [1.82, 2.24) is 10.2 Å². The average molecular weight is 313 g/mol. The second-order valence-electron chi connectivity index (χ2n) is 4.79. The third-order valence-corrected chi connectivity index (χ3v) is 3.32. The minimum atomic E-state index is -0.205. The van der Waals surface area contributed by atoms with Gasteiger partial charge in [-0.3, -0.25) is 4.79 Å². The lowest BCUT2D eigenvalue weighted by Crippen LogP contribution is -2.07. The van der Waals surface area contributed by atoms with Crippen LogP contribution in [0.3, 0.4) is 0 Å². The van der Waals surface area contributed by atoms with Crippen LogP contribution in [-0.2, 0) is 6.42 Å². The molecule has 0 saturated carbocycles. The van der Waals surface area contributed by atoms with Crippen molar-refractivity contribution in [3.05, 3.63) is 87.3 Å². The van der Waals surface area contributed by atoms with Crippen molar-refractivity contribution in [2.24, 2.45) is 0 Å². The Morgan fingerprint density at radius 3 is 2.55 bits per heavy atom. The number of nitrogens with one attached hydrogen (secondary N) is 1. The highest BCUT2D eigenvalue weighted by atomic mass is 35.5. The van der Waals surface area contributed by atoms with Crippen molar-refractivity contribution in [3.8, 4) is 11.5 Å². The van der Waals surface area contributed by atoms with Crippen LogP contribution in [0.1, 0.15) is 11.3 Å². The van der Waals surface area contributed by atoms with Gasteiger partial charge in [-0.05, 0) is 48.0 Å². The predicted molar refractivity (Wildman–Crippen MR) is 85.6 cm³/mol. The lowest BCUT2D eigenvalue weighted by Gasteiger charge is -2.07. The Labute approximate surface area is 132 Å². The molecule has 0 radical (unpaired) electrons. The SMILES string of the molecule is O=c1ccc(Cc2cccc(Oc3ccc(Cl)cc3)c2)n[nH]1. The fraction of sp³-hybridized carbons (Fsp3) is 0.0588. The molecule has 22 heavy (non-hydrogen) atoms. The van der Waals surface area contributed by atoms with E-state index in [0.29, 0.717) is 11.4 Å². The summed E-state index contributed by atoms with van der Waals surface area (Å²) < 4.78 is 5.79. The number of H-pyrrole nitrogens is 1. The molecule has 1 N–H and O–H groups in total. The lowest BCUT2D eigenvalue weighted by molar-refractivity contribution is 0.482. The van der Waals surface area contributed by atoms with E-state index >= 15 is 0 Å². The maximum atomic E-state index is 11.0. The number of nitrogens with zero attached hydrogens (tertiary/aromatic N) is 1. The van der Waals surface area contributed by atoms with Crippen LogP contribution in [0.2, 0.25) is 5.02 Å². The standard InChI is InChI=1S/C17H13ClN2O2/c18-13-4-7-15(8-5-13)22-16-3-1-2-12(11-16)10-14-6-9-17(21)20-19-14/h1-9,11H,10H2,(H,20,21). The van der Waals surface area contributed by atoms with E-state index in [1.807, 2.05) is 36.4 Å². The predicted octanol–water partition coefficient (Wildman–Crippen LogP) is 3.81. The number of ether oxygens (including phenoxy) is 1. The van der Waals surface area contributed by atoms with Gasteiger partial charge in [-0.1, -0.05) is 23.7 Å². The van der Waals surface area contributed by atoms with E-state index in [4.69, 9.17) is 16.3 Å². The fourth-order valence-electron chi connectivity index (χ4n) is 2.04. The normalized spacial score (nSPS) is 10.4. The molecule has 0 bridgehead atoms. The molecule has 1 aromatic heterocycles. The molecule has 110 valence electrons. The fourth-order valence-corrected chi connectivity index (χ4v) is 2.16. The maximum absolute atomic E-state index is 11.0. The molecule has 3 rings (SSSR count). The molecule has 5 heteroatoms. The Kier molecular flexibility index (Phi) is 4.21. The zero-order valence-corrected chi connectivity index (χ0v) is 12.4. The largest absolute Gasteiger partial charge is 0.457 e. The summed E-state index contributed by atoms with van der Waals surface area (Å²) >= 11 is 5.85. The Morgan fingerprint density at radius 2 is 1.82 bits per heavy atom. The van der Waals surface area contributed by atoms with Gasteiger partial charge in [0.25, 0.3) is 5.56 Å². The Morgan fingerprint density at radius 1 is 1.00 bits per heavy atom. The van der Waals surface area contributed by atoms with Gasteiger partial charge in [0.1, 0.15) is 11.5 Å². The lowest BCUT2D eigenvalue weighted by atomic mass is 10.1. The molecule has 0 atom stereocenters. The average Bonchev–Trinajstić information content (AvgIpc) is 2.52. The topological polar surface area (TPSA) is 55.0 Å². The van der Waals surface area contributed by atoms with Crippen LogP contribution in [-0.4, -0.2) is 10.2 Å². The van der Waals surface area contributed by atoms with Gasteiger partial charge in [-0.15, -0.1) is 0 Å². The summed E-state index contributed by atoms with van der Waals surface area (Å²) in [7, 11) is 0. The van der Waals surface area contributed by atoms with E-state index < -0.39 is 0 Å². The third-order valence-electron chi connectivity index (χ3n) is 3.07. The third kappa shape index (κ3) is 3.74. The van der Waals surface area contributed by atoms with Crippen LogP contribution < -0.4 is 10.3 Å². The van der Waals surface area contributed by atoms with E-state index in [9.17, 15) is 4.79 Å². The quantitative estimate of drug-likeness (QED) is 0.797. The summed E-state index contributed by atoms with van der Waals surface area (Å²) in [5, 5.41) is 7.11. The molecule has 2 aromatic carbocycles. The van der Waals surface area contributed by atoms with Crippen LogP contribution in [0.25, 0.3) is 0 Å². The number of aromatic amines is 1. The molecule has 3 aromatic rings. The first-order valence-corrected chi connectivity index (χ1v) is 7.14. The molecule has 0 aliphatic heterocycles. The van der Waals surface area contributed by atoms with Crippen LogP contribution in [0, 0.1) is 0 Å². The van der Waals surface area contributed by atoms with Crippen molar-refractivity contribution in [3.63, 3.8) is 0 Å². The van der Waals surface area contributed by atoms with Gasteiger partial charge in [0.2, 0.25) is 0 Å². The zero-order valence-electron chi connectivity index (χ0n) is 11.6. The van der Waals surface area contributed by atoms with E-state index in [1.54, 1.807) is 18.2 Å². The minimum Gasteiger partial charge on any atom is -0.457 e. The molecule has 1 heterocycles. The molecule has 0 aliphatic rings. The second kappa shape index (κ2) is 6.45. The first kappa shape index (κ1) is 14.4. The maximum Gasteiger partial charge on any atom is 0.264 e. The van der Waals surface area contributed by atoms with Crippen LogP contribution in [0.4, 0.5) is 0 Å². The van der Waals surface area contributed by atoms with Crippen molar-refractivity contribution >= 4 is 11.6 Å². The molecule has 0 fully saturated rings. The first-order chi connectivity index (χ1) is 10.7. The summed E-state index contributed by atoms with van der Waals surface area (Å²) in [5.41, 5.74) is 1.64. The molecule has 0 unspecified atom stereocenters. The van der Waals surface area contributed by atoms with Gasteiger partial charge in [-0.25, -0.2) is 5.10 Å². The van der Waals surface area contributed by atoms with E-state index in [1.165, 1.54) is 6.07 Å². The number of hydrogen-bond donors (Lipinski definition) is 1. The molecule has 4 nitrogen and oxygen atoms in total. The number of aromatic nitrogens is 2. The van der Waals surface area contributed by atoms with E-state index in [2.05, 4.69) is 10.2 Å². The minimum absolute atomic E-state index is 0.205. The summed E-state index contributed by atoms with van der Waals surface area (Å²) in [6.07, 6.45) is 0.620. The number of rotatable bonds is 4. The Hall–Kier alpha value is -2.59. The van der Waals surface area contributed by atoms with Crippen LogP contribution in [0.15, 0.2) is 65.5 Å². The van der Waals surface area contributed by atoms with E-state index in [0.717, 1.165) is 22.8 Å². The highest BCUT2D eigenvalue weighted by Gasteiger charge is 2.02. The summed E-state index contributed by atoms with van der Waals surface area (Å²) in [4.78, 5) is 11.0. The number of benzene rings is 2. The highest BCUT2D eigenvalue weighted by Crippen LogP contribution is 2.24. The van der Waals surface area contributed by atoms with Gasteiger partial charge in [0, 0.05) is 17.5 Å². The molecular weight excluding hydrogens is 300 g/mol. The summed E-state index contributed by atoms with van der Waals surface area (Å²) in [6, 6.07) is 18.1. The van der Waals surface area contributed by atoms with Gasteiger partial charge in [-0.2, -0.15) is 5.10 Å². The zero-order chi connectivity index (χ0) is 15.4. The monoisotopic (exact) mass is 312 g/mol. The van der Waals surface area contributed by atoms with Gasteiger partial charge >= 0.3 is 0 Å². The van der Waals surface area contributed by atoms with Gasteiger partial charge in [0.15, 0.2) is 0 Å². The molecule has 0 spiro atoms. The second-order valence-corrected chi connectivity index (χ2v) is 5.23. The van der Waals surface area contributed by atoms with Gasteiger partial charge < -0.3 is 4.74 Å². The molecule has 0 saturated heterocycles. The summed E-state index contributed by atoms with van der Waals surface area (Å²) in [5.74, 6) is 1.47. The van der Waals surface area contributed by atoms with Crippen molar-refractivity contribution in [2.45, 2.75) is 6.42 Å². The first-order valence-electron chi connectivity index (χ1n) is 6.76. The number of hydrogen-bond acceptors (Lipinski definition) is 3. The van der Waals surface area contributed by atoms with Crippen LogP contribution in [0.5, 0.6) is 11.5 Å². The van der Waals surface area contributed by atoms with Crippen molar-refractivity contribution in [1.29, 1.82) is 0 Å². The van der Waals surface area contributed by atoms with Crippen molar-refractivity contribution in [2.75, 3.05) is 0 Å². The van der Waals surface area contributed by atoms with E-state index in [-0.39, 0.29) is 5.56 Å². The summed E-state index contributed by atoms with van der Waals surface area (Å²) in [6.45, 7) is 0. The van der Waals surface area contributed by atoms with Gasteiger partial charge in [0.05, 0.1) is 5.69 Å². The molecule has 0 aliphatic carbocycles. The highest BCUT2D eigenvalue weighted by molar-refractivity contribution is 6.30.